The van der Waals surface area contributed by atoms with Crippen molar-refractivity contribution in [2.45, 2.75) is 56.0 Å². The average molecular weight is 397 g/mol. The van der Waals surface area contributed by atoms with Crippen LogP contribution in [0.5, 0.6) is 0 Å². The normalized spacial score (nSPS) is 16.7. The average Bonchev–Trinajstić information content (AvgIpc) is 3.31. The van der Waals surface area contributed by atoms with E-state index in [4.69, 9.17) is 0 Å². The molecule has 1 aliphatic carbocycles. The summed E-state index contributed by atoms with van der Waals surface area (Å²) in [5.74, 6) is 1.60. The minimum absolute atomic E-state index is 0.0368. The number of nitrogens with zero attached hydrogens (tertiary/aromatic N) is 4. The summed E-state index contributed by atoms with van der Waals surface area (Å²) >= 11 is 1.45. The van der Waals surface area contributed by atoms with E-state index in [1.54, 1.807) is 11.8 Å². The summed E-state index contributed by atoms with van der Waals surface area (Å²) in [7, 11) is 0. The fraction of sp³-hybridized carbons (Fsp3) is 0.429. The molecule has 1 fully saturated rings. The van der Waals surface area contributed by atoms with Gasteiger partial charge in [0.1, 0.15) is 5.82 Å². The number of hydrogen-bond acceptors (Lipinski definition) is 5. The summed E-state index contributed by atoms with van der Waals surface area (Å²) in [5, 5.41) is 9.18. The Labute approximate surface area is 169 Å². The first-order valence-corrected chi connectivity index (χ1v) is 10.5. The summed E-state index contributed by atoms with van der Waals surface area (Å²) < 4.78 is 2.08. The SMILES string of the molecule is C=CCn1c(SC(C)C(=O)c2ccc3c(c2)CCN3C(C)=O)nnc1C1CC1. The molecule has 4 rings (SSSR count). The molecule has 1 aliphatic heterocycles. The Kier molecular flexibility index (Phi) is 5.10. The lowest BCUT2D eigenvalue weighted by atomic mass is 10.0. The molecule has 2 aliphatic rings. The number of amides is 1. The highest BCUT2D eigenvalue weighted by Crippen LogP contribution is 2.40. The van der Waals surface area contributed by atoms with E-state index in [2.05, 4.69) is 21.3 Å². The van der Waals surface area contributed by atoms with Crippen molar-refractivity contribution in [1.82, 2.24) is 14.8 Å². The van der Waals surface area contributed by atoms with Crippen molar-refractivity contribution in [2.24, 2.45) is 0 Å². The number of hydrogen-bond donors (Lipinski definition) is 0. The highest BCUT2D eigenvalue weighted by Gasteiger charge is 2.31. The molecule has 6 nitrogen and oxygen atoms in total. The highest BCUT2D eigenvalue weighted by atomic mass is 32.2. The molecular formula is C21H24N4O2S. The number of ketones is 1. The van der Waals surface area contributed by atoms with E-state index in [1.165, 1.54) is 11.8 Å². The lowest BCUT2D eigenvalue weighted by Crippen LogP contribution is -2.25. The number of anilines is 1. The number of carbonyl (C=O) groups is 2. The minimum Gasteiger partial charge on any atom is -0.312 e. The van der Waals surface area contributed by atoms with Crippen molar-refractivity contribution in [2.75, 3.05) is 11.4 Å². The first-order chi connectivity index (χ1) is 13.5. The van der Waals surface area contributed by atoms with Crippen LogP contribution in [-0.2, 0) is 17.8 Å². The highest BCUT2D eigenvalue weighted by molar-refractivity contribution is 8.00. The molecule has 146 valence electrons. The molecule has 2 aromatic rings. The second kappa shape index (κ2) is 7.54. The first kappa shape index (κ1) is 18.9. The summed E-state index contributed by atoms with van der Waals surface area (Å²) in [6.07, 6.45) is 4.94. The van der Waals surface area contributed by atoms with Gasteiger partial charge in [0.2, 0.25) is 5.91 Å². The fourth-order valence-corrected chi connectivity index (χ4v) is 4.60. The minimum atomic E-state index is -0.275. The van der Waals surface area contributed by atoms with Gasteiger partial charge in [-0.25, -0.2) is 0 Å². The van der Waals surface area contributed by atoms with E-state index in [0.717, 1.165) is 41.5 Å². The van der Waals surface area contributed by atoms with Crippen molar-refractivity contribution in [3.63, 3.8) is 0 Å². The van der Waals surface area contributed by atoms with Gasteiger partial charge in [-0.15, -0.1) is 16.8 Å². The lowest BCUT2D eigenvalue weighted by Gasteiger charge is -2.15. The van der Waals surface area contributed by atoms with E-state index >= 15 is 0 Å². The van der Waals surface area contributed by atoms with E-state index in [9.17, 15) is 9.59 Å². The first-order valence-electron chi connectivity index (χ1n) is 9.65. The van der Waals surface area contributed by atoms with Crippen LogP contribution in [0.15, 0.2) is 36.0 Å². The fourth-order valence-electron chi connectivity index (χ4n) is 3.66. The quantitative estimate of drug-likeness (QED) is 0.406. The molecule has 0 saturated heterocycles. The smallest absolute Gasteiger partial charge is 0.223 e. The van der Waals surface area contributed by atoms with Gasteiger partial charge in [0, 0.05) is 37.2 Å². The van der Waals surface area contributed by atoms with Crippen molar-refractivity contribution in [3.8, 4) is 0 Å². The molecule has 1 amide bonds. The van der Waals surface area contributed by atoms with Crippen LogP contribution in [0.25, 0.3) is 0 Å². The van der Waals surface area contributed by atoms with Crippen molar-refractivity contribution in [1.29, 1.82) is 0 Å². The summed E-state index contributed by atoms with van der Waals surface area (Å²) in [6.45, 7) is 8.65. The standard InChI is InChI=1S/C21H24N4O2S/c1-4-10-25-20(15-5-6-15)22-23-21(25)28-13(2)19(27)17-7-8-18-16(12-17)9-11-24(18)14(3)26/h4,7-8,12-13,15H,1,5-6,9-11H2,2-3H3. The third-order valence-corrected chi connectivity index (χ3v) is 6.37. The molecule has 1 saturated carbocycles. The van der Waals surface area contributed by atoms with Gasteiger partial charge in [-0.05, 0) is 49.9 Å². The van der Waals surface area contributed by atoms with Gasteiger partial charge in [-0.1, -0.05) is 17.8 Å². The van der Waals surface area contributed by atoms with Gasteiger partial charge >= 0.3 is 0 Å². The molecule has 1 aromatic carbocycles. The molecule has 0 spiro atoms. The Hall–Kier alpha value is -2.41. The zero-order chi connectivity index (χ0) is 19.8. The van der Waals surface area contributed by atoms with Crippen LogP contribution in [-0.4, -0.2) is 38.2 Å². The zero-order valence-electron chi connectivity index (χ0n) is 16.2. The molecule has 1 aromatic heterocycles. The number of fused-ring (bicyclic) bond motifs is 1. The number of carbonyl (C=O) groups excluding carboxylic acids is 2. The van der Waals surface area contributed by atoms with Crippen LogP contribution < -0.4 is 4.90 Å². The van der Waals surface area contributed by atoms with Gasteiger partial charge in [0.25, 0.3) is 0 Å². The van der Waals surface area contributed by atoms with Gasteiger partial charge in [-0.2, -0.15) is 0 Å². The van der Waals surface area contributed by atoms with Gasteiger partial charge < -0.3 is 9.47 Å². The van der Waals surface area contributed by atoms with E-state index < -0.39 is 0 Å². The third kappa shape index (κ3) is 3.51. The van der Waals surface area contributed by atoms with Crippen LogP contribution in [0.1, 0.15) is 54.4 Å². The molecular weight excluding hydrogens is 372 g/mol. The zero-order valence-corrected chi connectivity index (χ0v) is 17.0. The largest absolute Gasteiger partial charge is 0.312 e. The molecule has 0 N–H and O–H groups in total. The van der Waals surface area contributed by atoms with E-state index in [1.807, 2.05) is 31.2 Å². The van der Waals surface area contributed by atoms with Crippen molar-refractivity contribution in [3.05, 3.63) is 47.8 Å². The molecule has 28 heavy (non-hydrogen) atoms. The second-order valence-corrected chi connectivity index (χ2v) is 8.71. The maximum absolute atomic E-state index is 13.0. The van der Waals surface area contributed by atoms with Crippen LogP contribution in [0, 0.1) is 0 Å². The third-order valence-electron chi connectivity index (χ3n) is 5.29. The van der Waals surface area contributed by atoms with Crippen molar-refractivity contribution < 1.29 is 9.59 Å². The Morgan fingerprint density at radius 3 is 2.82 bits per heavy atom. The maximum Gasteiger partial charge on any atom is 0.223 e. The topological polar surface area (TPSA) is 68.1 Å². The number of allylic oxidation sites excluding steroid dienone is 1. The van der Waals surface area contributed by atoms with E-state index in [0.29, 0.717) is 24.6 Å². The molecule has 0 radical (unpaired) electrons. The van der Waals surface area contributed by atoms with Crippen LogP contribution >= 0.6 is 11.8 Å². The summed E-state index contributed by atoms with van der Waals surface area (Å²) in [4.78, 5) is 26.5. The molecule has 1 unspecified atom stereocenters. The predicted octanol–water partition coefficient (Wildman–Crippen LogP) is 3.61. The number of thioether (sulfide) groups is 1. The second-order valence-electron chi connectivity index (χ2n) is 7.40. The summed E-state index contributed by atoms with van der Waals surface area (Å²) in [5.41, 5.74) is 2.66. The molecule has 0 bridgehead atoms. The Morgan fingerprint density at radius 2 is 2.14 bits per heavy atom. The van der Waals surface area contributed by atoms with Gasteiger partial charge in [-0.3, -0.25) is 9.59 Å². The molecule has 7 heteroatoms. The number of benzene rings is 1. The lowest BCUT2D eigenvalue weighted by molar-refractivity contribution is -0.116. The Bertz CT molecular complexity index is 948. The Balaban J connectivity index is 1.52. The van der Waals surface area contributed by atoms with Crippen molar-refractivity contribution >= 4 is 29.1 Å². The number of rotatable bonds is 7. The molecule has 2 heterocycles. The van der Waals surface area contributed by atoms with Crippen LogP contribution in [0.2, 0.25) is 0 Å². The van der Waals surface area contributed by atoms with Gasteiger partial charge in [0.15, 0.2) is 10.9 Å². The van der Waals surface area contributed by atoms with Crippen LogP contribution in [0.4, 0.5) is 5.69 Å². The Morgan fingerprint density at radius 1 is 1.36 bits per heavy atom. The monoisotopic (exact) mass is 396 g/mol. The van der Waals surface area contributed by atoms with E-state index in [-0.39, 0.29) is 16.9 Å². The number of Topliss-reactive ketones (excluding diaryl/α,β-unsaturated/α-hetero) is 1. The predicted molar refractivity (Wildman–Crippen MR) is 110 cm³/mol. The summed E-state index contributed by atoms with van der Waals surface area (Å²) in [6, 6.07) is 5.64. The molecule has 1 atom stereocenters. The van der Waals surface area contributed by atoms with Crippen LogP contribution in [0.3, 0.4) is 0 Å². The number of aromatic nitrogens is 3. The maximum atomic E-state index is 13.0. The van der Waals surface area contributed by atoms with Gasteiger partial charge in [0.05, 0.1) is 5.25 Å².